The first-order valence-electron chi connectivity index (χ1n) is 10.5. The van der Waals surface area contributed by atoms with E-state index < -0.39 is 17.9 Å². The van der Waals surface area contributed by atoms with E-state index in [4.69, 9.17) is 16.2 Å². The molecule has 2 aromatic carbocycles. The lowest BCUT2D eigenvalue weighted by Gasteiger charge is -2.20. The summed E-state index contributed by atoms with van der Waals surface area (Å²) in [6.07, 6.45) is 1.25. The van der Waals surface area contributed by atoms with Crippen molar-refractivity contribution in [3.8, 4) is 0 Å². The molecule has 0 aliphatic carbocycles. The number of nitrogens with one attached hydrogen (secondary N) is 3. The van der Waals surface area contributed by atoms with E-state index in [9.17, 15) is 14.4 Å². The Bertz CT molecular complexity index is 929. The van der Waals surface area contributed by atoms with Crippen LogP contribution in [-0.2, 0) is 27.3 Å². The second-order valence-corrected chi connectivity index (χ2v) is 7.71. The number of carbonyl (C=O) groups is 3. The summed E-state index contributed by atoms with van der Waals surface area (Å²) >= 11 is 0. The molecule has 2 rings (SSSR count). The molecule has 0 heterocycles. The maximum absolute atomic E-state index is 12.8. The molecule has 2 atom stereocenters. The van der Waals surface area contributed by atoms with Crippen LogP contribution in [0, 0.1) is 11.3 Å². The molecule has 0 saturated carbocycles. The third-order valence-corrected chi connectivity index (χ3v) is 5.19. The molecule has 0 spiro atoms. The number of nitrogens with two attached hydrogens (primary N) is 1. The molecule has 8 heteroatoms. The lowest BCUT2D eigenvalue weighted by molar-refractivity contribution is -0.138. The van der Waals surface area contributed by atoms with Crippen LogP contribution in [0.25, 0.3) is 0 Å². The molecule has 8 nitrogen and oxygen atoms in total. The number of aliphatic carboxylic acids is 1. The van der Waals surface area contributed by atoms with Crippen LogP contribution in [0.5, 0.6) is 0 Å². The third kappa shape index (κ3) is 8.22. The Hall–Kier alpha value is -3.68. The van der Waals surface area contributed by atoms with Gasteiger partial charge in [-0.2, -0.15) is 0 Å². The number of carboxylic acid groups (broad SMARTS) is 1. The number of rotatable bonds is 12. The highest BCUT2D eigenvalue weighted by molar-refractivity contribution is 5.94. The standard InChI is InChI=1S/C24H30N4O4/c1-16(23(31)27-15-18-8-10-19(11-9-18)22(25)26)28-24(32)20(13-14-21(29)30)12-7-17-5-3-2-4-6-17/h2-6,8-11,16,20H,7,12-15H2,1H3,(H3,25,26)(H,27,31)(H,28,32)(H,29,30)/t16-,20-/m0/s1. The van der Waals surface area contributed by atoms with E-state index >= 15 is 0 Å². The van der Waals surface area contributed by atoms with E-state index in [0.29, 0.717) is 18.4 Å². The number of amidine groups is 1. The van der Waals surface area contributed by atoms with Gasteiger partial charge < -0.3 is 21.5 Å². The molecule has 2 amide bonds. The largest absolute Gasteiger partial charge is 0.481 e. The SMILES string of the molecule is C[C@H](NC(=O)[C@H](CCC(=O)O)CCc1ccccc1)C(=O)NCc1ccc(C(=N)N)cc1. The highest BCUT2D eigenvalue weighted by atomic mass is 16.4. The zero-order chi connectivity index (χ0) is 23.5. The van der Waals surface area contributed by atoms with E-state index in [1.54, 1.807) is 31.2 Å². The van der Waals surface area contributed by atoms with Gasteiger partial charge in [-0.3, -0.25) is 19.8 Å². The van der Waals surface area contributed by atoms with E-state index in [2.05, 4.69) is 10.6 Å². The Balaban J connectivity index is 1.89. The molecular formula is C24H30N4O4. The van der Waals surface area contributed by atoms with Gasteiger partial charge in [0.25, 0.3) is 0 Å². The normalized spacial score (nSPS) is 12.4. The van der Waals surface area contributed by atoms with Crippen molar-refractivity contribution in [2.45, 2.75) is 45.2 Å². The van der Waals surface area contributed by atoms with Crippen molar-refractivity contribution in [2.75, 3.05) is 0 Å². The predicted molar refractivity (Wildman–Crippen MR) is 122 cm³/mol. The van der Waals surface area contributed by atoms with Gasteiger partial charge in [0.05, 0.1) is 0 Å². The van der Waals surface area contributed by atoms with Gasteiger partial charge >= 0.3 is 5.97 Å². The molecular weight excluding hydrogens is 408 g/mol. The summed E-state index contributed by atoms with van der Waals surface area (Å²) in [5.41, 5.74) is 7.94. The van der Waals surface area contributed by atoms with Gasteiger partial charge in [0.2, 0.25) is 11.8 Å². The summed E-state index contributed by atoms with van der Waals surface area (Å²) < 4.78 is 0. The van der Waals surface area contributed by atoms with Crippen LogP contribution in [0.3, 0.4) is 0 Å². The summed E-state index contributed by atoms with van der Waals surface area (Å²) in [7, 11) is 0. The minimum absolute atomic E-state index is 0.0263. The Morgan fingerprint density at radius 1 is 0.969 bits per heavy atom. The summed E-state index contributed by atoms with van der Waals surface area (Å²) in [5, 5.41) is 21.9. The highest BCUT2D eigenvalue weighted by Crippen LogP contribution is 2.16. The minimum atomic E-state index is -0.955. The van der Waals surface area contributed by atoms with Crippen LogP contribution in [0.2, 0.25) is 0 Å². The van der Waals surface area contributed by atoms with Crippen molar-refractivity contribution in [1.29, 1.82) is 5.41 Å². The van der Waals surface area contributed by atoms with Gasteiger partial charge in [-0.05, 0) is 37.3 Å². The second-order valence-electron chi connectivity index (χ2n) is 7.71. The molecule has 0 bridgehead atoms. The fraction of sp³-hybridized carbons (Fsp3) is 0.333. The number of benzene rings is 2. The number of hydrogen-bond acceptors (Lipinski definition) is 4. The van der Waals surface area contributed by atoms with Gasteiger partial charge in [0.15, 0.2) is 0 Å². The van der Waals surface area contributed by atoms with E-state index in [1.807, 2.05) is 30.3 Å². The summed E-state index contributed by atoms with van der Waals surface area (Å²) in [4.78, 5) is 36.2. The fourth-order valence-electron chi connectivity index (χ4n) is 3.23. The molecule has 0 radical (unpaired) electrons. The first kappa shape index (κ1) is 24.6. The topological polar surface area (TPSA) is 145 Å². The van der Waals surface area contributed by atoms with Gasteiger partial charge in [0.1, 0.15) is 11.9 Å². The monoisotopic (exact) mass is 438 g/mol. The van der Waals surface area contributed by atoms with Crippen molar-refractivity contribution >= 4 is 23.6 Å². The second kappa shape index (κ2) is 12.2. The molecule has 0 fully saturated rings. The van der Waals surface area contributed by atoms with E-state index in [1.165, 1.54) is 0 Å². The maximum Gasteiger partial charge on any atom is 0.303 e. The van der Waals surface area contributed by atoms with Crippen molar-refractivity contribution in [3.05, 3.63) is 71.3 Å². The average molecular weight is 439 g/mol. The van der Waals surface area contributed by atoms with Crippen LogP contribution in [0.1, 0.15) is 42.9 Å². The minimum Gasteiger partial charge on any atom is -0.481 e. The number of amides is 2. The molecule has 0 saturated heterocycles. The highest BCUT2D eigenvalue weighted by Gasteiger charge is 2.23. The van der Waals surface area contributed by atoms with Crippen molar-refractivity contribution in [1.82, 2.24) is 10.6 Å². The zero-order valence-corrected chi connectivity index (χ0v) is 18.1. The smallest absolute Gasteiger partial charge is 0.303 e. The summed E-state index contributed by atoms with van der Waals surface area (Å²) in [6, 6.07) is 15.9. The van der Waals surface area contributed by atoms with Crippen molar-refractivity contribution in [3.63, 3.8) is 0 Å². The van der Waals surface area contributed by atoms with Gasteiger partial charge in [0, 0.05) is 24.4 Å². The number of carboxylic acids is 1. The fourth-order valence-corrected chi connectivity index (χ4v) is 3.23. The van der Waals surface area contributed by atoms with Crippen molar-refractivity contribution < 1.29 is 19.5 Å². The molecule has 0 aliphatic heterocycles. The van der Waals surface area contributed by atoms with Gasteiger partial charge in [-0.1, -0.05) is 54.6 Å². The first-order valence-corrected chi connectivity index (χ1v) is 10.5. The molecule has 0 aliphatic rings. The molecule has 6 N–H and O–H groups in total. The maximum atomic E-state index is 12.8. The molecule has 0 aromatic heterocycles. The Labute approximate surface area is 187 Å². The first-order chi connectivity index (χ1) is 15.3. The van der Waals surface area contributed by atoms with Crippen molar-refractivity contribution in [2.24, 2.45) is 11.7 Å². The Kier molecular flexibility index (Phi) is 9.41. The Morgan fingerprint density at radius 2 is 1.62 bits per heavy atom. The number of aryl methyl sites for hydroxylation is 1. The number of nitrogen functional groups attached to an aromatic ring is 1. The predicted octanol–water partition coefficient (Wildman–Crippen LogP) is 2.21. The van der Waals surface area contributed by atoms with E-state index in [-0.39, 0.29) is 37.0 Å². The lowest BCUT2D eigenvalue weighted by Crippen LogP contribution is -2.46. The zero-order valence-electron chi connectivity index (χ0n) is 18.1. The molecule has 0 unspecified atom stereocenters. The molecule has 170 valence electrons. The third-order valence-electron chi connectivity index (χ3n) is 5.19. The summed E-state index contributed by atoms with van der Waals surface area (Å²) in [5.74, 6) is -2.14. The van der Waals surface area contributed by atoms with E-state index in [0.717, 1.165) is 11.1 Å². The summed E-state index contributed by atoms with van der Waals surface area (Å²) in [6.45, 7) is 1.87. The lowest BCUT2D eigenvalue weighted by atomic mass is 9.94. The quantitative estimate of drug-likeness (QED) is 0.255. The number of carbonyl (C=O) groups excluding carboxylic acids is 2. The van der Waals surface area contributed by atoms with Crippen LogP contribution in [0.15, 0.2) is 54.6 Å². The molecule has 32 heavy (non-hydrogen) atoms. The van der Waals surface area contributed by atoms with Gasteiger partial charge in [-0.15, -0.1) is 0 Å². The van der Waals surface area contributed by atoms with Crippen LogP contribution >= 0.6 is 0 Å². The van der Waals surface area contributed by atoms with Crippen LogP contribution < -0.4 is 16.4 Å². The molecule has 2 aromatic rings. The Morgan fingerprint density at radius 3 is 2.22 bits per heavy atom. The van der Waals surface area contributed by atoms with Crippen LogP contribution in [-0.4, -0.2) is 34.8 Å². The van der Waals surface area contributed by atoms with Gasteiger partial charge in [-0.25, -0.2) is 0 Å². The number of hydrogen-bond donors (Lipinski definition) is 5. The van der Waals surface area contributed by atoms with Crippen LogP contribution in [0.4, 0.5) is 0 Å². The average Bonchev–Trinajstić information content (AvgIpc) is 2.78.